The van der Waals surface area contributed by atoms with Gasteiger partial charge in [0.05, 0.1) is 6.61 Å². The van der Waals surface area contributed by atoms with E-state index in [1.165, 1.54) is 12.8 Å². The molecule has 0 aromatic heterocycles. The van der Waals surface area contributed by atoms with Crippen LogP contribution < -0.4 is 0 Å². The minimum Gasteiger partial charge on any atom is -0.463 e. The predicted octanol–water partition coefficient (Wildman–Crippen LogP) is -0.284. The minimum absolute atomic E-state index is 0.247. The van der Waals surface area contributed by atoms with Crippen molar-refractivity contribution in [3.8, 4) is 0 Å². The molecule has 0 saturated heterocycles. The third kappa shape index (κ3) is 9.32. The average molecular weight is 322 g/mol. The average Bonchev–Trinajstić information content (AvgIpc) is 2.53. The summed E-state index contributed by atoms with van der Waals surface area (Å²) in [5.41, 5.74) is 0. The van der Waals surface area contributed by atoms with Crippen molar-refractivity contribution in [2.75, 3.05) is 13.2 Å². The third-order valence-corrected chi connectivity index (χ3v) is 3.47. The molecule has 0 spiro atoms. The number of esters is 1. The van der Waals surface area contributed by atoms with Gasteiger partial charge in [0.1, 0.15) is 31.0 Å². The highest BCUT2D eigenvalue weighted by Gasteiger charge is 2.30. The van der Waals surface area contributed by atoms with Crippen molar-refractivity contribution < 1.29 is 35.1 Å². The van der Waals surface area contributed by atoms with Gasteiger partial charge in [-0.1, -0.05) is 39.0 Å². The normalized spacial score (nSPS) is 16.8. The van der Waals surface area contributed by atoms with E-state index in [9.17, 15) is 20.1 Å². The van der Waals surface area contributed by atoms with Crippen molar-refractivity contribution in [3.05, 3.63) is 0 Å². The Labute approximate surface area is 131 Å². The van der Waals surface area contributed by atoms with Crippen LogP contribution in [0, 0.1) is 0 Å². The standard InChI is InChI=1S/C15H30O7/c1-2-3-4-5-6-7-8-13(19)22-10-12(18)15(21)14(20)11(17)9-16/h11-12,14-18,20-21H,2-10H2,1H3/t11-,12-,14-,15-/m1/s1. The molecule has 7 nitrogen and oxygen atoms in total. The van der Waals surface area contributed by atoms with E-state index < -0.39 is 43.6 Å². The SMILES string of the molecule is CCCCCCCCC(=O)OC[C@@H](O)[C@@H](O)[C@H](O)[C@H](O)CO. The maximum atomic E-state index is 11.5. The van der Waals surface area contributed by atoms with E-state index in [1.807, 2.05) is 0 Å². The van der Waals surface area contributed by atoms with Gasteiger partial charge in [-0.15, -0.1) is 0 Å². The van der Waals surface area contributed by atoms with E-state index in [-0.39, 0.29) is 6.42 Å². The topological polar surface area (TPSA) is 127 Å². The largest absolute Gasteiger partial charge is 0.463 e. The lowest BCUT2D eigenvalue weighted by Crippen LogP contribution is -2.47. The van der Waals surface area contributed by atoms with Gasteiger partial charge in [-0.2, -0.15) is 0 Å². The molecule has 0 fully saturated rings. The summed E-state index contributed by atoms with van der Waals surface area (Å²) in [6.07, 6.45) is -0.00877. The molecule has 22 heavy (non-hydrogen) atoms. The van der Waals surface area contributed by atoms with E-state index in [4.69, 9.17) is 14.9 Å². The summed E-state index contributed by atoms with van der Waals surface area (Å²) in [4.78, 5) is 11.5. The van der Waals surface area contributed by atoms with Crippen LogP contribution in [0.2, 0.25) is 0 Å². The summed E-state index contributed by atoms with van der Waals surface area (Å²) in [5.74, 6) is -0.473. The molecule has 0 aliphatic rings. The fourth-order valence-electron chi connectivity index (χ4n) is 1.96. The van der Waals surface area contributed by atoms with Crippen molar-refractivity contribution in [1.29, 1.82) is 0 Å². The number of hydrogen-bond acceptors (Lipinski definition) is 7. The van der Waals surface area contributed by atoms with Crippen LogP contribution >= 0.6 is 0 Å². The molecular weight excluding hydrogens is 292 g/mol. The highest BCUT2D eigenvalue weighted by molar-refractivity contribution is 5.69. The number of unbranched alkanes of at least 4 members (excludes halogenated alkanes) is 5. The smallest absolute Gasteiger partial charge is 0.305 e. The molecule has 0 unspecified atom stereocenters. The Hall–Kier alpha value is -0.730. The number of carbonyl (C=O) groups excluding carboxylic acids is 1. The molecule has 0 aromatic carbocycles. The first kappa shape index (κ1) is 21.3. The van der Waals surface area contributed by atoms with Crippen LogP contribution in [0.1, 0.15) is 51.9 Å². The van der Waals surface area contributed by atoms with Crippen LogP contribution in [-0.4, -0.2) is 69.1 Å². The van der Waals surface area contributed by atoms with Gasteiger partial charge in [-0.3, -0.25) is 4.79 Å². The van der Waals surface area contributed by atoms with E-state index >= 15 is 0 Å². The number of ether oxygens (including phenoxy) is 1. The van der Waals surface area contributed by atoms with Gasteiger partial charge in [0.2, 0.25) is 0 Å². The number of carbonyl (C=O) groups is 1. The molecule has 0 bridgehead atoms. The first-order valence-corrected chi connectivity index (χ1v) is 7.92. The Balaban J connectivity index is 3.80. The third-order valence-electron chi connectivity index (χ3n) is 3.47. The van der Waals surface area contributed by atoms with Gasteiger partial charge in [-0.25, -0.2) is 0 Å². The lowest BCUT2D eigenvalue weighted by atomic mass is 10.0. The number of hydrogen-bond donors (Lipinski definition) is 5. The second-order valence-electron chi connectivity index (χ2n) is 5.50. The van der Waals surface area contributed by atoms with E-state index in [0.717, 1.165) is 19.3 Å². The van der Waals surface area contributed by atoms with E-state index in [2.05, 4.69) is 6.92 Å². The Morgan fingerprint density at radius 1 is 0.909 bits per heavy atom. The van der Waals surface area contributed by atoms with E-state index in [0.29, 0.717) is 6.42 Å². The molecule has 132 valence electrons. The van der Waals surface area contributed by atoms with Crippen LogP contribution in [0.3, 0.4) is 0 Å². The summed E-state index contributed by atoms with van der Waals surface area (Å²) in [7, 11) is 0. The molecule has 0 saturated carbocycles. The first-order valence-electron chi connectivity index (χ1n) is 7.92. The molecule has 0 rings (SSSR count). The lowest BCUT2D eigenvalue weighted by molar-refractivity contribution is -0.156. The highest BCUT2D eigenvalue weighted by atomic mass is 16.5. The summed E-state index contributed by atoms with van der Waals surface area (Å²) >= 11 is 0. The van der Waals surface area contributed by atoms with Gasteiger partial charge in [-0.05, 0) is 6.42 Å². The fraction of sp³-hybridized carbons (Fsp3) is 0.933. The van der Waals surface area contributed by atoms with Crippen LogP contribution in [0.15, 0.2) is 0 Å². The van der Waals surface area contributed by atoms with Gasteiger partial charge in [0.15, 0.2) is 0 Å². The molecule has 0 amide bonds. The first-order chi connectivity index (χ1) is 10.4. The van der Waals surface area contributed by atoms with Crippen molar-refractivity contribution >= 4 is 5.97 Å². The fourth-order valence-corrected chi connectivity index (χ4v) is 1.96. The van der Waals surface area contributed by atoms with Crippen molar-refractivity contribution in [2.24, 2.45) is 0 Å². The summed E-state index contributed by atoms with van der Waals surface area (Å²) in [5, 5.41) is 46.3. The van der Waals surface area contributed by atoms with Crippen LogP contribution in [-0.2, 0) is 9.53 Å². The van der Waals surface area contributed by atoms with Crippen LogP contribution in [0.25, 0.3) is 0 Å². The zero-order valence-electron chi connectivity index (χ0n) is 13.2. The van der Waals surface area contributed by atoms with Gasteiger partial charge >= 0.3 is 5.97 Å². The molecular formula is C15H30O7. The molecule has 0 aromatic rings. The zero-order chi connectivity index (χ0) is 17.0. The summed E-state index contributed by atoms with van der Waals surface area (Å²) in [6.45, 7) is 0.918. The Morgan fingerprint density at radius 3 is 2.05 bits per heavy atom. The number of aliphatic hydroxyl groups is 5. The zero-order valence-corrected chi connectivity index (χ0v) is 13.2. The maximum Gasteiger partial charge on any atom is 0.305 e. The van der Waals surface area contributed by atoms with Crippen molar-refractivity contribution in [2.45, 2.75) is 76.3 Å². The maximum absolute atomic E-state index is 11.5. The monoisotopic (exact) mass is 322 g/mol. The molecule has 0 radical (unpaired) electrons. The highest BCUT2D eigenvalue weighted by Crippen LogP contribution is 2.09. The lowest BCUT2D eigenvalue weighted by Gasteiger charge is -2.25. The van der Waals surface area contributed by atoms with Crippen LogP contribution in [0.5, 0.6) is 0 Å². The molecule has 0 aliphatic carbocycles. The second-order valence-corrected chi connectivity index (χ2v) is 5.50. The molecule has 0 aliphatic heterocycles. The van der Waals surface area contributed by atoms with Gasteiger partial charge < -0.3 is 30.3 Å². The number of rotatable bonds is 13. The Bertz CT molecular complexity index is 285. The predicted molar refractivity (Wildman–Crippen MR) is 80.1 cm³/mol. The van der Waals surface area contributed by atoms with Crippen LogP contribution in [0.4, 0.5) is 0 Å². The second kappa shape index (κ2) is 12.8. The Morgan fingerprint density at radius 2 is 1.45 bits per heavy atom. The molecule has 0 heterocycles. The van der Waals surface area contributed by atoms with Gasteiger partial charge in [0.25, 0.3) is 0 Å². The van der Waals surface area contributed by atoms with Crippen molar-refractivity contribution in [3.63, 3.8) is 0 Å². The summed E-state index contributed by atoms with van der Waals surface area (Å²) in [6, 6.07) is 0. The number of aliphatic hydroxyl groups excluding tert-OH is 5. The molecule has 5 N–H and O–H groups in total. The quantitative estimate of drug-likeness (QED) is 0.233. The van der Waals surface area contributed by atoms with Crippen molar-refractivity contribution in [1.82, 2.24) is 0 Å². The molecule has 7 heteroatoms. The summed E-state index contributed by atoms with van der Waals surface area (Å²) < 4.78 is 4.81. The minimum atomic E-state index is -1.71. The Kier molecular flexibility index (Phi) is 12.4. The van der Waals surface area contributed by atoms with E-state index in [1.54, 1.807) is 0 Å². The molecule has 4 atom stereocenters. The van der Waals surface area contributed by atoms with Gasteiger partial charge in [0, 0.05) is 6.42 Å².